The summed E-state index contributed by atoms with van der Waals surface area (Å²) >= 11 is 0. The Hall–Kier alpha value is -2.60. The average Bonchev–Trinajstić information content (AvgIpc) is 3.09. The highest BCUT2D eigenvalue weighted by molar-refractivity contribution is 6.02. The van der Waals surface area contributed by atoms with Gasteiger partial charge in [0.25, 0.3) is 11.8 Å². The van der Waals surface area contributed by atoms with E-state index in [-0.39, 0.29) is 30.2 Å². The van der Waals surface area contributed by atoms with Gasteiger partial charge in [0.15, 0.2) is 5.76 Å². The highest BCUT2D eigenvalue weighted by Crippen LogP contribution is 2.12. The van der Waals surface area contributed by atoms with Gasteiger partial charge in [-0.15, -0.1) is 0 Å². The lowest BCUT2D eigenvalue weighted by Gasteiger charge is -2.15. The fraction of sp³-hybridized carbons (Fsp3) is 0.294. The third-order valence-electron chi connectivity index (χ3n) is 3.46. The Bertz CT molecular complexity index is 635. The quantitative estimate of drug-likeness (QED) is 0.731. The smallest absolute Gasteiger partial charge is 0.291 e. The zero-order valence-corrected chi connectivity index (χ0v) is 12.9. The summed E-state index contributed by atoms with van der Waals surface area (Å²) in [5.41, 5.74) is 1.07. The fourth-order valence-electron chi connectivity index (χ4n) is 2.11. The van der Waals surface area contributed by atoms with Crippen molar-refractivity contribution >= 4 is 17.5 Å². The minimum absolute atomic E-state index is 0.0382. The molecule has 0 aliphatic heterocycles. The summed E-state index contributed by atoms with van der Waals surface area (Å²) < 4.78 is 5.01. The lowest BCUT2D eigenvalue weighted by Crippen LogP contribution is -2.35. The molecule has 1 unspecified atom stereocenters. The monoisotopic (exact) mass is 316 g/mol. The van der Waals surface area contributed by atoms with Crippen molar-refractivity contribution in [3.8, 4) is 0 Å². The van der Waals surface area contributed by atoms with Crippen molar-refractivity contribution in [1.29, 1.82) is 0 Å². The molecule has 1 aromatic heterocycles. The van der Waals surface area contributed by atoms with E-state index >= 15 is 0 Å². The first-order valence-electron chi connectivity index (χ1n) is 7.50. The van der Waals surface area contributed by atoms with Gasteiger partial charge in [-0.25, -0.2) is 0 Å². The van der Waals surface area contributed by atoms with E-state index in [9.17, 15) is 9.59 Å². The number of aliphatic hydroxyl groups is 1. The number of amides is 2. The molecule has 0 aliphatic carbocycles. The Morgan fingerprint density at radius 2 is 1.91 bits per heavy atom. The van der Waals surface area contributed by atoms with Crippen LogP contribution in [0.1, 0.15) is 40.7 Å². The van der Waals surface area contributed by atoms with Crippen LogP contribution in [-0.4, -0.2) is 29.6 Å². The van der Waals surface area contributed by atoms with Crippen LogP contribution in [0.2, 0.25) is 0 Å². The molecule has 2 rings (SSSR count). The van der Waals surface area contributed by atoms with E-state index in [0.29, 0.717) is 17.7 Å². The van der Waals surface area contributed by atoms with Crippen molar-refractivity contribution in [2.75, 3.05) is 11.9 Å². The molecular weight excluding hydrogens is 296 g/mol. The first kappa shape index (κ1) is 16.8. The molecule has 3 N–H and O–H groups in total. The maximum absolute atomic E-state index is 12.1. The van der Waals surface area contributed by atoms with E-state index in [1.165, 1.54) is 6.26 Å². The third-order valence-corrected chi connectivity index (χ3v) is 3.46. The number of anilines is 1. The van der Waals surface area contributed by atoms with Gasteiger partial charge in [0.1, 0.15) is 0 Å². The Morgan fingerprint density at radius 3 is 2.48 bits per heavy atom. The number of rotatable bonds is 7. The van der Waals surface area contributed by atoms with Crippen LogP contribution in [-0.2, 0) is 0 Å². The summed E-state index contributed by atoms with van der Waals surface area (Å²) in [6, 6.07) is 9.75. The van der Waals surface area contributed by atoms with Gasteiger partial charge >= 0.3 is 0 Å². The van der Waals surface area contributed by atoms with Gasteiger partial charge < -0.3 is 20.2 Å². The van der Waals surface area contributed by atoms with Crippen molar-refractivity contribution in [2.45, 2.75) is 25.8 Å². The van der Waals surface area contributed by atoms with Crippen LogP contribution in [0.3, 0.4) is 0 Å². The Morgan fingerprint density at radius 1 is 1.17 bits per heavy atom. The molecule has 122 valence electrons. The van der Waals surface area contributed by atoms with Crippen LogP contribution in [0.15, 0.2) is 47.1 Å². The molecule has 0 saturated carbocycles. The number of nitrogens with one attached hydrogen (secondary N) is 2. The van der Waals surface area contributed by atoms with Gasteiger partial charge in [-0.2, -0.15) is 0 Å². The molecule has 0 aliphatic rings. The lowest BCUT2D eigenvalue weighted by atomic mass is 10.1. The fourth-order valence-corrected chi connectivity index (χ4v) is 2.11. The normalized spacial score (nSPS) is 11.7. The molecule has 2 aromatic rings. The Balaban J connectivity index is 1.96. The highest BCUT2D eigenvalue weighted by atomic mass is 16.3. The molecule has 0 radical (unpaired) electrons. The number of carbonyl (C=O) groups is 2. The number of hydrogen-bond donors (Lipinski definition) is 3. The number of carbonyl (C=O) groups excluding carboxylic acids is 2. The molecule has 0 spiro atoms. The minimum atomic E-state index is -0.346. The van der Waals surface area contributed by atoms with Crippen LogP contribution < -0.4 is 10.6 Å². The average molecular weight is 316 g/mol. The second-order valence-corrected chi connectivity index (χ2v) is 5.10. The Kier molecular flexibility index (Phi) is 5.94. The number of furan rings is 1. The zero-order valence-electron chi connectivity index (χ0n) is 12.9. The van der Waals surface area contributed by atoms with Crippen LogP contribution in [0, 0.1) is 0 Å². The van der Waals surface area contributed by atoms with E-state index in [2.05, 4.69) is 10.6 Å². The molecule has 6 heteroatoms. The van der Waals surface area contributed by atoms with Crippen LogP contribution in [0.5, 0.6) is 0 Å². The molecule has 6 nitrogen and oxygen atoms in total. The number of hydrogen-bond acceptors (Lipinski definition) is 4. The van der Waals surface area contributed by atoms with Crippen molar-refractivity contribution in [3.05, 3.63) is 54.0 Å². The summed E-state index contributed by atoms with van der Waals surface area (Å²) in [6.45, 7) is 1.99. The van der Waals surface area contributed by atoms with Crippen LogP contribution in [0.4, 0.5) is 5.69 Å². The van der Waals surface area contributed by atoms with E-state index < -0.39 is 0 Å². The maximum atomic E-state index is 12.1. The van der Waals surface area contributed by atoms with Gasteiger partial charge in [0.2, 0.25) is 0 Å². The van der Waals surface area contributed by atoms with Gasteiger partial charge in [0, 0.05) is 23.9 Å². The summed E-state index contributed by atoms with van der Waals surface area (Å²) in [4.78, 5) is 24.0. The van der Waals surface area contributed by atoms with Crippen molar-refractivity contribution < 1.29 is 19.1 Å². The molecule has 2 amide bonds. The van der Waals surface area contributed by atoms with E-state index in [1.54, 1.807) is 36.4 Å². The van der Waals surface area contributed by atoms with Gasteiger partial charge in [-0.05, 0) is 49.2 Å². The van der Waals surface area contributed by atoms with Crippen molar-refractivity contribution in [1.82, 2.24) is 5.32 Å². The standard InChI is InChI=1S/C17H20N2O4/c1-2-13(9-10-20)18-16(21)12-5-7-14(8-6-12)19-17(22)15-4-3-11-23-15/h3-8,11,13,20H,2,9-10H2,1H3,(H,18,21)(H,19,22). The summed E-state index contributed by atoms with van der Waals surface area (Å²) in [7, 11) is 0. The number of benzene rings is 1. The van der Waals surface area contributed by atoms with Crippen molar-refractivity contribution in [2.24, 2.45) is 0 Å². The summed E-state index contributed by atoms with van der Waals surface area (Å²) in [5, 5.41) is 14.5. The molecule has 1 aromatic carbocycles. The number of aliphatic hydroxyl groups excluding tert-OH is 1. The van der Waals surface area contributed by atoms with E-state index in [0.717, 1.165) is 6.42 Å². The first-order chi connectivity index (χ1) is 11.1. The second-order valence-electron chi connectivity index (χ2n) is 5.10. The summed E-state index contributed by atoms with van der Waals surface area (Å²) in [6.07, 6.45) is 2.71. The van der Waals surface area contributed by atoms with Gasteiger partial charge in [-0.1, -0.05) is 6.92 Å². The van der Waals surface area contributed by atoms with Gasteiger partial charge in [0.05, 0.1) is 6.26 Å². The molecule has 1 atom stereocenters. The Labute approximate surface area is 134 Å². The molecular formula is C17H20N2O4. The zero-order chi connectivity index (χ0) is 16.7. The predicted octanol–water partition coefficient (Wildman–Crippen LogP) is 2.42. The molecule has 0 fully saturated rings. The van der Waals surface area contributed by atoms with Gasteiger partial charge in [-0.3, -0.25) is 9.59 Å². The molecule has 1 heterocycles. The molecule has 0 bridgehead atoms. The SMILES string of the molecule is CCC(CCO)NC(=O)c1ccc(NC(=O)c2ccco2)cc1. The van der Waals surface area contributed by atoms with Crippen LogP contribution >= 0.6 is 0 Å². The maximum Gasteiger partial charge on any atom is 0.291 e. The third kappa shape index (κ3) is 4.69. The lowest BCUT2D eigenvalue weighted by molar-refractivity contribution is 0.0928. The van der Waals surface area contributed by atoms with Crippen LogP contribution in [0.25, 0.3) is 0 Å². The highest BCUT2D eigenvalue weighted by Gasteiger charge is 2.12. The first-order valence-corrected chi connectivity index (χ1v) is 7.50. The minimum Gasteiger partial charge on any atom is -0.459 e. The summed E-state index contributed by atoms with van der Waals surface area (Å²) in [5.74, 6) is -0.322. The molecule has 23 heavy (non-hydrogen) atoms. The second kappa shape index (κ2) is 8.14. The van der Waals surface area contributed by atoms with E-state index in [1.807, 2.05) is 6.92 Å². The largest absolute Gasteiger partial charge is 0.459 e. The molecule has 0 saturated heterocycles. The topological polar surface area (TPSA) is 91.6 Å². The van der Waals surface area contributed by atoms with E-state index in [4.69, 9.17) is 9.52 Å². The predicted molar refractivity (Wildman–Crippen MR) is 86.4 cm³/mol. The van der Waals surface area contributed by atoms with Crippen molar-refractivity contribution in [3.63, 3.8) is 0 Å².